The topological polar surface area (TPSA) is 42.0 Å². The average Bonchev–Trinajstić information content (AvgIpc) is 3.32. The number of likely N-dealkylation sites (tertiary alicyclic amines) is 1. The van der Waals surface area contributed by atoms with Crippen LogP contribution >= 0.6 is 0 Å². The third kappa shape index (κ3) is 2.91. The Morgan fingerprint density at radius 1 is 1.15 bits per heavy atom. The molecule has 0 saturated carbocycles. The van der Waals surface area contributed by atoms with Gasteiger partial charge in [0.05, 0.1) is 6.04 Å². The number of hydrogen-bond donors (Lipinski definition) is 0. The fourth-order valence-electron chi connectivity index (χ4n) is 5.70. The van der Waals surface area contributed by atoms with Gasteiger partial charge in [0, 0.05) is 24.9 Å². The number of amides is 1. The Bertz CT molecular complexity index is 726. The van der Waals surface area contributed by atoms with Gasteiger partial charge in [-0.05, 0) is 61.9 Å². The van der Waals surface area contributed by atoms with E-state index in [1.807, 2.05) is 6.07 Å². The van der Waals surface area contributed by atoms with Crippen molar-refractivity contribution in [1.29, 1.82) is 0 Å². The Hall–Kier alpha value is -1.75. The third-order valence-electron chi connectivity index (χ3n) is 7.07. The zero-order chi connectivity index (χ0) is 18.5. The maximum absolute atomic E-state index is 13.1. The number of nitrogens with zero attached hydrogens (tertiary/aromatic N) is 2. The van der Waals surface area contributed by atoms with Gasteiger partial charge in [-0.15, -0.1) is 0 Å². The van der Waals surface area contributed by atoms with E-state index in [4.69, 9.17) is 9.47 Å². The lowest BCUT2D eigenvalue weighted by molar-refractivity contribution is -0.136. The quantitative estimate of drug-likeness (QED) is 0.816. The van der Waals surface area contributed by atoms with Gasteiger partial charge in [-0.1, -0.05) is 19.9 Å². The lowest BCUT2D eigenvalue weighted by atomic mass is 9.75. The molecule has 3 atom stereocenters. The number of piperidine rings is 3. The van der Waals surface area contributed by atoms with Crippen LogP contribution in [0.25, 0.3) is 0 Å². The van der Waals surface area contributed by atoms with Crippen LogP contribution in [-0.4, -0.2) is 54.2 Å². The molecule has 27 heavy (non-hydrogen) atoms. The Kier molecular flexibility index (Phi) is 4.30. The highest BCUT2D eigenvalue weighted by atomic mass is 16.7. The summed E-state index contributed by atoms with van der Waals surface area (Å²) >= 11 is 0. The van der Waals surface area contributed by atoms with Crippen LogP contribution in [0.1, 0.15) is 51.0 Å². The van der Waals surface area contributed by atoms with E-state index in [-0.39, 0.29) is 0 Å². The predicted octanol–water partition coefficient (Wildman–Crippen LogP) is 3.24. The second kappa shape index (κ2) is 6.69. The minimum atomic E-state index is 0.309. The molecule has 0 unspecified atom stereocenters. The van der Waals surface area contributed by atoms with Crippen molar-refractivity contribution in [3.05, 3.63) is 23.8 Å². The van der Waals surface area contributed by atoms with E-state index in [2.05, 4.69) is 35.8 Å². The fourth-order valence-corrected chi connectivity index (χ4v) is 5.70. The molecule has 5 heterocycles. The molecule has 0 aliphatic carbocycles. The molecule has 1 aromatic rings. The molecule has 2 bridgehead atoms. The zero-order valence-electron chi connectivity index (χ0n) is 16.4. The summed E-state index contributed by atoms with van der Waals surface area (Å²) < 4.78 is 11.1. The van der Waals surface area contributed by atoms with E-state index in [0.717, 1.165) is 24.5 Å². The van der Waals surface area contributed by atoms with Gasteiger partial charge in [0.15, 0.2) is 11.5 Å². The average molecular weight is 370 g/mol. The summed E-state index contributed by atoms with van der Waals surface area (Å²) in [4.78, 5) is 18.0. The molecule has 146 valence electrons. The first kappa shape index (κ1) is 17.4. The molecule has 5 nitrogen and oxygen atoms in total. The summed E-state index contributed by atoms with van der Waals surface area (Å²) in [6.07, 6.45) is 4.14. The number of ether oxygens (including phenoxy) is 2. The molecule has 0 spiro atoms. The van der Waals surface area contributed by atoms with Crippen LogP contribution in [0, 0.1) is 11.8 Å². The van der Waals surface area contributed by atoms with Crippen LogP contribution in [0.2, 0.25) is 0 Å². The van der Waals surface area contributed by atoms with Gasteiger partial charge in [-0.25, -0.2) is 0 Å². The summed E-state index contributed by atoms with van der Waals surface area (Å²) in [5.41, 5.74) is 1.29. The smallest absolute Gasteiger partial charge is 0.231 e. The molecule has 5 aliphatic heterocycles. The van der Waals surface area contributed by atoms with Gasteiger partial charge in [-0.3, -0.25) is 9.69 Å². The van der Waals surface area contributed by atoms with Crippen molar-refractivity contribution in [2.75, 3.05) is 26.4 Å². The Morgan fingerprint density at radius 3 is 2.70 bits per heavy atom. The van der Waals surface area contributed by atoms with Crippen LogP contribution < -0.4 is 9.47 Å². The number of fused-ring (bicyclic) bond motifs is 3. The van der Waals surface area contributed by atoms with Crippen molar-refractivity contribution in [3.8, 4) is 11.5 Å². The van der Waals surface area contributed by atoms with E-state index in [0.29, 0.717) is 49.0 Å². The van der Waals surface area contributed by atoms with Crippen LogP contribution in [0.15, 0.2) is 18.2 Å². The molecule has 4 saturated heterocycles. The monoisotopic (exact) mass is 370 g/mol. The maximum Gasteiger partial charge on any atom is 0.231 e. The Morgan fingerprint density at radius 2 is 1.93 bits per heavy atom. The molecule has 0 aromatic heterocycles. The molecular formula is C22H30N2O3. The second-order valence-electron chi connectivity index (χ2n) is 9.05. The van der Waals surface area contributed by atoms with Crippen LogP contribution in [0.5, 0.6) is 11.5 Å². The fraction of sp³-hybridized carbons (Fsp3) is 0.682. The molecule has 4 fully saturated rings. The van der Waals surface area contributed by atoms with E-state index in [1.165, 1.54) is 31.5 Å². The van der Waals surface area contributed by atoms with Crippen molar-refractivity contribution in [1.82, 2.24) is 9.80 Å². The molecule has 1 aromatic carbocycles. The van der Waals surface area contributed by atoms with Crippen molar-refractivity contribution in [2.45, 2.75) is 57.5 Å². The highest BCUT2D eigenvalue weighted by molar-refractivity contribution is 5.77. The SMILES string of the molecule is CC(C)CCC(=O)N1C[C@@H](c2ccc3c(c2)OCO3)[C@@H]2[C@H]1C1CCN2CC1. The van der Waals surface area contributed by atoms with E-state index < -0.39 is 0 Å². The molecule has 5 aliphatic rings. The standard InChI is InChI=1S/C22H30N2O3/c1-14(2)3-6-20(25)24-12-17(16-4-5-18-19(11-16)27-13-26-18)22-21(24)15-7-9-23(22)10-8-15/h4-5,11,14-15,17,21-22H,3,6-10,12-13H2,1-2H3/t17-,21+,22+/m0/s1. The summed E-state index contributed by atoms with van der Waals surface area (Å²) in [5, 5.41) is 0. The first-order chi connectivity index (χ1) is 13.1. The summed E-state index contributed by atoms with van der Waals surface area (Å²) in [6, 6.07) is 7.21. The number of hydrogen-bond acceptors (Lipinski definition) is 4. The highest BCUT2D eigenvalue weighted by Crippen LogP contribution is 2.48. The minimum absolute atomic E-state index is 0.309. The molecule has 6 rings (SSSR count). The first-order valence-electron chi connectivity index (χ1n) is 10.5. The number of carbonyl (C=O) groups excluding carboxylic acids is 1. The van der Waals surface area contributed by atoms with Gasteiger partial charge >= 0.3 is 0 Å². The Labute approximate surface area is 161 Å². The first-order valence-corrected chi connectivity index (χ1v) is 10.5. The van der Waals surface area contributed by atoms with Gasteiger partial charge in [0.1, 0.15) is 0 Å². The molecule has 1 amide bonds. The molecular weight excluding hydrogens is 340 g/mol. The number of rotatable bonds is 4. The summed E-state index contributed by atoms with van der Waals surface area (Å²) in [6.45, 7) is 7.91. The van der Waals surface area contributed by atoms with Gasteiger partial charge < -0.3 is 14.4 Å². The lowest BCUT2D eigenvalue weighted by Gasteiger charge is -2.51. The zero-order valence-corrected chi connectivity index (χ0v) is 16.4. The molecule has 5 heteroatoms. The maximum atomic E-state index is 13.1. The van der Waals surface area contributed by atoms with Crippen molar-refractivity contribution in [2.24, 2.45) is 11.8 Å². The summed E-state index contributed by atoms with van der Waals surface area (Å²) in [5.74, 6) is 3.66. The number of benzene rings is 1. The molecule has 0 N–H and O–H groups in total. The predicted molar refractivity (Wildman–Crippen MR) is 103 cm³/mol. The van der Waals surface area contributed by atoms with E-state index in [1.54, 1.807) is 0 Å². The minimum Gasteiger partial charge on any atom is -0.454 e. The van der Waals surface area contributed by atoms with Crippen LogP contribution in [-0.2, 0) is 4.79 Å². The summed E-state index contributed by atoms with van der Waals surface area (Å²) in [7, 11) is 0. The third-order valence-corrected chi connectivity index (χ3v) is 7.07. The van der Waals surface area contributed by atoms with Crippen LogP contribution in [0.4, 0.5) is 0 Å². The number of carbonyl (C=O) groups is 1. The van der Waals surface area contributed by atoms with E-state index >= 15 is 0 Å². The van der Waals surface area contributed by atoms with E-state index in [9.17, 15) is 4.79 Å². The highest BCUT2D eigenvalue weighted by Gasteiger charge is 2.54. The van der Waals surface area contributed by atoms with Crippen LogP contribution in [0.3, 0.4) is 0 Å². The van der Waals surface area contributed by atoms with Gasteiger partial charge in [0.25, 0.3) is 0 Å². The van der Waals surface area contributed by atoms with Crippen molar-refractivity contribution >= 4 is 5.91 Å². The lowest BCUT2D eigenvalue weighted by Crippen LogP contribution is -2.60. The largest absolute Gasteiger partial charge is 0.454 e. The Balaban J connectivity index is 1.44. The van der Waals surface area contributed by atoms with Crippen molar-refractivity contribution in [3.63, 3.8) is 0 Å². The van der Waals surface area contributed by atoms with Gasteiger partial charge in [0.2, 0.25) is 12.7 Å². The molecule has 0 radical (unpaired) electrons. The van der Waals surface area contributed by atoms with Crippen molar-refractivity contribution < 1.29 is 14.3 Å². The normalized spacial score (nSPS) is 33.6. The second-order valence-corrected chi connectivity index (χ2v) is 9.05. The van der Waals surface area contributed by atoms with Gasteiger partial charge in [-0.2, -0.15) is 0 Å².